The summed E-state index contributed by atoms with van der Waals surface area (Å²) in [6.45, 7) is 0. The molecule has 4 unspecified atom stereocenters. The predicted molar refractivity (Wildman–Crippen MR) is 79.6 cm³/mol. The molecule has 1 fully saturated rings. The van der Waals surface area contributed by atoms with Crippen LogP contribution >= 0.6 is 22.7 Å². The number of hydrogen-bond donors (Lipinski definition) is 2. The molecule has 1 aromatic heterocycles. The highest BCUT2D eigenvalue weighted by molar-refractivity contribution is 7.33. The Morgan fingerprint density at radius 3 is 2.00 bits per heavy atom. The highest BCUT2D eigenvalue weighted by Crippen LogP contribution is 2.53. The van der Waals surface area contributed by atoms with Crippen LogP contribution in [0.1, 0.15) is 6.42 Å². The fraction of sp³-hybridized carbons (Fsp3) is 0.357. The first-order valence-corrected chi connectivity index (χ1v) is 8.21. The molecule has 1 aromatic rings. The molecule has 3 nitrogen and oxygen atoms in total. The second-order valence-corrected chi connectivity index (χ2v) is 7.85. The second kappa shape index (κ2) is 3.41. The molecule has 0 saturated heterocycles. The van der Waals surface area contributed by atoms with Gasteiger partial charge in [0.15, 0.2) is 0 Å². The van der Waals surface area contributed by atoms with Crippen LogP contribution in [-0.2, 0) is 0 Å². The Kier molecular flexibility index (Phi) is 1.87. The first-order chi connectivity index (χ1) is 9.28. The summed E-state index contributed by atoms with van der Waals surface area (Å²) in [4.78, 5) is 11.5. The lowest BCUT2D eigenvalue weighted by Crippen LogP contribution is -2.26. The summed E-state index contributed by atoms with van der Waals surface area (Å²) in [7, 11) is 0. The minimum atomic E-state index is 0.145. The number of allylic oxidation sites excluding steroid dienone is 4. The first-order valence-electron chi connectivity index (χ1n) is 6.58. The predicted octanol–water partition coefficient (Wildman–Crippen LogP) is 3.23. The van der Waals surface area contributed by atoms with Crippen molar-refractivity contribution in [2.75, 3.05) is 10.6 Å². The van der Waals surface area contributed by atoms with E-state index >= 15 is 0 Å². The van der Waals surface area contributed by atoms with E-state index in [1.807, 2.05) is 0 Å². The maximum Gasteiger partial charge on any atom is 0.291 e. The van der Waals surface area contributed by atoms with E-state index in [1.165, 1.54) is 29.1 Å². The van der Waals surface area contributed by atoms with Gasteiger partial charge >= 0.3 is 0 Å². The minimum Gasteiger partial charge on any atom is -0.343 e. The van der Waals surface area contributed by atoms with Crippen LogP contribution < -0.4 is 14.7 Å². The molecule has 96 valence electrons. The molecule has 3 aliphatic carbocycles. The van der Waals surface area contributed by atoms with Crippen molar-refractivity contribution < 1.29 is 0 Å². The molecule has 1 saturated carbocycles. The lowest BCUT2D eigenvalue weighted by molar-refractivity contribution is 0.438. The number of anilines is 2. The van der Waals surface area contributed by atoms with Crippen molar-refractivity contribution in [1.82, 2.24) is 0 Å². The van der Waals surface area contributed by atoms with Gasteiger partial charge in [0.05, 0.1) is 11.4 Å². The molecule has 1 aliphatic heterocycles. The molecule has 2 heterocycles. The molecule has 0 radical (unpaired) electrons. The highest BCUT2D eigenvalue weighted by atomic mass is 32.2. The van der Waals surface area contributed by atoms with E-state index in [-0.39, 0.29) is 4.06 Å². The fourth-order valence-corrected chi connectivity index (χ4v) is 5.70. The van der Waals surface area contributed by atoms with Crippen molar-refractivity contribution in [2.24, 2.45) is 23.7 Å². The van der Waals surface area contributed by atoms with Crippen molar-refractivity contribution >= 4 is 32.7 Å². The van der Waals surface area contributed by atoms with Crippen molar-refractivity contribution in [3.8, 4) is 0 Å². The van der Waals surface area contributed by atoms with Crippen LogP contribution in [0.4, 0.5) is 10.0 Å². The Hall–Kier alpha value is -1.33. The lowest BCUT2D eigenvalue weighted by atomic mass is 9.79. The second-order valence-electron chi connectivity index (χ2n) is 5.63. The van der Waals surface area contributed by atoms with Crippen LogP contribution in [0.5, 0.6) is 0 Å². The Bertz CT molecular complexity index is 668. The van der Waals surface area contributed by atoms with Gasteiger partial charge in [0.2, 0.25) is 0 Å². The zero-order chi connectivity index (χ0) is 12.6. The van der Waals surface area contributed by atoms with Gasteiger partial charge in [0.1, 0.15) is 10.0 Å². The first kappa shape index (κ1) is 10.5. The number of nitrogens with one attached hydrogen (secondary N) is 2. The quantitative estimate of drug-likeness (QED) is 0.720. The van der Waals surface area contributed by atoms with Gasteiger partial charge < -0.3 is 10.6 Å². The highest BCUT2D eigenvalue weighted by Gasteiger charge is 2.44. The summed E-state index contributed by atoms with van der Waals surface area (Å²) in [6.07, 6.45) is 10.8. The van der Waals surface area contributed by atoms with Crippen LogP contribution in [0.15, 0.2) is 40.5 Å². The Morgan fingerprint density at radius 1 is 0.947 bits per heavy atom. The molecule has 4 atom stereocenters. The molecule has 2 N–H and O–H groups in total. The van der Waals surface area contributed by atoms with Gasteiger partial charge in [-0.2, -0.15) is 0 Å². The smallest absolute Gasteiger partial charge is 0.291 e. The largest absolute Gasteiger partial charge is 0.343 e. The summed E-state index contributed by atoms with van der Waals surface area (Å²) in [5.41, 5.74) is 2.31. The van der Waals surface area contributed by atoms with Crippen molar-refractivity contribution in [3.05, 3.63) is 44.5 Å². The van der Waals surface area contributed by atoms with Crippen LogP contribution in [0.2, 0.25) is 0 Å². The molecule has 4 aliphatic rings. The zero-order valence-electron chi connectivity index (χ0n) is 10.1. The third-order valence-electron chi connectivity index (χ3n) is 4.66. The monoisotopic (exact) mass is 288 g/mol. The molecule has 0 amide bonds. The normalized spacial score (nSPS) is 36.6. The van der Waals surface area contributed by atoms with Crippen molar-refractivity contribution in [1.29, 1.82) is 0 Å². The summed E-state index contributed by atoms with van der Waals surface area (Å²) in [6, 6.07) is 0. The number of rotatable bonds is 0. The van der Waals surface area contributed by atoms with Gasteiger partial charge in [0, 0.05) is 0 Å². The van der Waals surface area contributed by atoms with Crippen molar-refractivity contribution in [2.45, 2.75) is 6.42 Å². The standard InChI is InChI=1S/C14H12N2OS2/c17-14-18-12-13(19-14)16-11-5-9-7-2-1-6(3-7)8(9)4-10(11)15-12/h1-2,4-9,15-16H,3H2. The number of hydrogen-bond acceptors (Lipinski definition) is 5. The van der Waals surface area contributed by atoms with E-state index in [1.54, 1.807) is 0 Å². The van der Waals surface area contributed by atoms with Crippen LogP contribution in [0.3, 0.4) is 0 Å². The molecule has 0 aromatic carbocycles. The summed E-state index contributed by atoms with van der Waals surface area (Å²) in [5.74, 6) is 2.70. The van der Waals surface area contributed by atoms with E-state index in [2.05, 4.69) is 34.9 Å². The molecule has 5 heteroatoms. The third kappa shape index (κ3) is 1.34. The Labute approximate surface area is 118 Å². The summed E-state index contributed by atoms with van der Waals surface area (Å²) >= 11 is 2.59. The molecular formula is C14H12N2OS2. The van der Waals surface area contributed by atoms with Gasteiger partial charge in [-0.3, -0.25) is 4.79 Å². The van der Waals surface area contributed by atoms with Gasteiger partial charge in [-0.1, -0.05) is 47.0 Å². The molecule has 0 spiro atoms. The van der Waals surface area contributed by atoms with E-state index in [9.17, 15) is 4.79 Å². The van der Waals surface area contributed by atoms with Gasteiger partial charge in [-0.25, -0.2) is 0 Å². The minimum absolute atomic E-state index is 0.145. The van der Waals surface area contributed by atoms with E-state index < -0.39 is 0 Å². The maximum atomic E-state index is 11.5. The summed E-state index contributed by atoms with van der Waals surface area (Å²) in [5, 5.41) is 8.79. The van der Waals surface area contributed by atoms with Crippen LogP contribution in [0, 0.1) is 23.7 Å². The van der Waals surface area contributed by atoms with E-state index in [4.69, 9.17) is 0 Å². The summed E-state index contributed by atoms with van der Waals surface area (Å²) < 4.78 is 0.145. The van der Waals surface area contributed by atoms with Crippen LogP contribution in [-0.4, -0.2) is 0 Å². The van der Waals surface area contributed by atoms with Gasteiger partial charge in [-0.15, -0.1) is 0 Å². The molecule has 19 heavy (non-hydrogen) atoms. The Morgan fingerprint density at radius 2 is 1.47 bits per heavy atom. The Balaban J connectivity index is 1.61. The van der Waals surface area contributed by atoms with Gasteiger partial charge in [-0.05, 0) is 30.1 Å². The van der Waals surface area contributed by atoms with E-state index in [0.29, 0.717) is 23.7 Å². The molecular weight excluding hydrogens is 276 g/mol. The number of fused-ring (bicyclic) bond motifs is 7. The SMILES string of the molecule is O=c1sc2c(s1)NC1=CC3C4C=CC(C4)C3C=C1N2. The fourth-order valence-electron chi connectivity index (χ4n) is 3.84. The topological polar surface area (TPSA) is 41.1 Å². The van der Waals surface area contributed by atoms with Crippen LogP contribution in [0.25, 0.3) is 0 Å². The lowest BCUT2D eigenvalue weighted by Gasteiger charge is -2.32. The van der Waals surface area contributed by atoms with Crippen molar-refractivity contribution in [3.63, 3.8) is 0 Å². The average molecular weight is 288 g/mol. The van der Waals surface area contributed by atoms with E-state index in [0.717, 1.165) is 21.4 Å². The maximum absolute atomic E-state index is 11.5. The molecule has 5 rings (SSSR count). The van der Waals surface area contributed by atoms with Gasteiger partial charge in [0.25, 0.3) is 4.06 Å². The molecule has 2 bridgehead atoms. The third-order valence-corrected chi connectivity index (χ3v) is 6.65. The zero-order valence-corrected chi connectivity index (χ0v) is 11.7. The average Bonchev–Trinajstić information content (AvgIpc) is 3.06.